The molecule has 1 fully saturated rings. The number of carbonyl (C=O) groups excluding carboxylic acids is 1. The third-order valence-corrected chi connectivity index (χ3v) is 5.77. The van der Waals surface area contributed by atoms with E-state index in [1.165, 1.54) is 11.8 Å². The van der Waals surface area contributed by atoms with E-state index in [2.05, 4.69) is 11.0 Å². The number of anilines is 1. The molecule has 0 N–H and O–H groups in total. The second kappa shape index (κ2) is 6.29. The number of Topliss-reactive ketones (excluding diaryl/α,β-unsaturated/α-hetero) is 1. The fraction of sp³-hybridized carbons (Fsp3) is 0.316. The first-order valence-corrected chi connectivity index (χ1v) is 9.16. The van der Waals surface area contributed by atoms with Crippen LogP contribution in [0.2, 0.25) is 0 Å². The number of hydrogen-bond donors (Lipinski definition) is 0. The fourth-order valence-electron chi connectivity index (χ4n) is 3.48. The minimum atomic E-state index is 0.0641. The summed E-state index contributed by atoms with van der Waals surface area (Å²) in [4.78, 5) is 19.4. The van der Waals surface area contributed by atoms with Crippen molar-refractivity contribution in [2.24, 2.45) is 0 Å². The van der Waals surface area contributed by atoms with Gasteiger partial charge < -0.3 is 4.90 Å². The fourth-order valence-corrected chi connectivity index (χ4v) is 4.34. The average Bonchev–Trinajstić information content (AvgIpc) is 2.67. The Balaban J connectivity index is 1.58. The zero-order chi connectivity index (χ0) is 16.5. The van der Waals surface area contributed by atoms with E-state index < -0.39 is 0 Å². The minimum Gasteiger partial charge on any atom is -0.370 e. The summed E-state index contributed by atoms with van der Waals surface area (Å²) in [6, 6.07) is 13.5. The van der Waals surface area contributed by atoms with Crippen LogP contribution in [0.4, 0.5) is 5.69 Å². The summed E-state index contributed by atoms with van der Waals surface area (Å²) >= 11 is 1.37. The van der Waals surface area contributed by atoms with Gasteiger partial charge in [-0.2, -0.15) is 5.26 Å². The molecule has 2 aromatic rings. The second-order valence-corrected chi connectivity index (χ2v) is 7.16. The molecule has 0 aliphatic carbocycles. The molecule has 0 spiro atoms. The molecule has 0 saturated carbocycles. The highest BCUT2D eigenvalue weighted by molar-refractivity contribution is 8.00. The van der Waals surface area contributed by atoms with Crippen LogP contribution >= 0.6 is 11.8 Å². The highest BCUT2D eigenvalue weighted by Gasteiger charge is 2.33. The monoisotopic (exact) mass is 335 g/mol. The Morgan fingerprint density at radius 3 is 2.75 bits per heavy atom. The van der Waals surface area contributed by atoms with Gasteiger partial charge in [0.15, 0.2) is 5.78 Å². The van der Waals surface area contributed by atoms with Gasteiger partial charge in [-0.1, -0.05) is 42.1 Å². The van der Waals surface area contributed by atoms with E-state index >= 15 is 0 Å². The molecule has 4 heterocycles. The average molecular weight is 335 g/mol. The molecule has 3 aliphatic rings. The number of thioether (sulfide) groups is 1. The summed E-state index contributed by atoms with van der Waals surface area (Å²) in [5.74, 6) is 0.870. The standard InChI is InChI=1S/C19H17N3OS/c20-11-15-10-16-18(14-6-8-22(16)9-7-14)21-19(15)24-12-17(23)13-4-2-1-3-5-13/h1-5,10,14H,6-9,12H2. The van der Waals surface area contributed by atoms with Crippen molar-refractivity contribution >= 4 is 23.2 Å². The van der Waals surface area contributed by atoms with Crippen molar-refractivity contribution in [3.63, 3.8) is 0 Å². The van der Waals surface area contributed by atoms with E-state index in [1.54, 1.807) is 0 Å². The summed E-state index contributed by atoms with van der Waals surface area (Å²) < 4.78 is 0. The molecule has 0 unspecified atom stereocenters. The summed E-state index contributed by atoms with van der Waals surface area (Å²) in [6.07, 6.45) is 2.28. The maximum Gasteiger partial charge on any atom is 0.173 e. The van der Waals surface area contributed by atoms with Crippen LogP contribution < -0.4 is 4.90 Å². The van der Waals surface area contributed by atoms with E-state index in [1.807, 2.05) is 36.4 Å². The van der Waals surface area contributed by atoms with E-state index in [-0.39, 0.29) is 5.78 Å². The molecule has 4 nitrogen and oxygen atoms in total. The van der Waals surface area contributed by atoms with E-state index in [9.17, 15) is 10.1 Å². The van der Waals surface area contributed by atoms with Gasteiger partial charge in [-0.3, -0.25) is 4.79 Å². The van der Waals surface area contributed by atoms with Crippen LogP contribution in [0.5, 0.6) is 0 Å². The lowest BCUT2D eigenvalue weighted by Crippen LogP contribution is -2.39. The van der Waals surface area contributed by atoms with Gasteiger partial charge in [-0.05, 0) is 18.9 Å². The first kappa shape index (κ1) is 15.2. The quantitative estimate of drug-likeness (QED) is 0.631. The van der Waals surface area contributed by atoms with Crippen LogP contribution in [0.1, 0.15) is 40.4 Å². The third-order valence-electron chi connectivity index (χ3n) is 4.77. The van der Waals surface area contributed by atoms with E-state index in [0.717, 1.165) is 37.3 Å². The van der Waals surface area contributed by atoms with Gasteiger partial charge in [0, 0.05) is 24.6 Å². The largest absolute Gasteiger partial charge is 0.370 e. The summed E-state index contributed by atoms with van der Waals surface area (Å²) in [7, 11) is 0. The van der Waals surface area contributed by atoms with E-state index in [4.69, 9.17) is 4.98 Å². The van der Waals surface area contributed by atoms with E-state index in [0.29, 0.717) is 27.8 Å². The molecular weight excluding hydrogens is 318 g/mol. The van der Waals surface area contributed by atoms with Crippen LogP contribution in [0.25, 0.3) is 0 Å². The number of aromatic nitrogens is 1. The van der Waals surface area contributed by atoms with Crippen LogP contribution in [0, 0.1) is 11.3 Å². The summed E-state index contributed by atoms with van der Waals surface area (Å²) in [5.41, 5.74) is 3.51. The molecule has 0 atom stereocenters. The number of nitriles is 1. The van der Waals surface area contributed by atoms with Gasteiger partial charge in [-0.15, -0.1) is 0 Å². The van der Waals surface area contributed by atoms with Gasteiger partial charge in [-0.25, -0.2) is 4.98 Å². The lowest BCUT2D eigenvalue weighted by molar-refractivity contribution is 0.102. The Labute approximate surface area is 145 Å². The Morgan fingerprint density at radius 1 is 1.29 bits per heavy atom. The number of piperidine rings is 1. The third kappa shape index (κ3) is 2.67. The van der Waals surface area contributed by atoms with Crippen molar-refractivity contribution < 1.29 is 4.79 Å². The van der Waals surface area contributed by atoms with Crippen molar-refractivity contribution in [2.75, 3.05) is 23.7 Å². The number of nitrogens with zero attached hydrogens (tertiary/aromatic N) is 3. The van der Waals surface area contributed by atoms with Crippen molar-refractivity contribution in [1.29, 1.82) is 5.26 Å². The predicted octanol–water partition coefficient (Wildman–Crippen LogP) is 3.63. The normalized spacial score (nSPS) is 15.9. The van der Waals surface area contributed by atoms with Gasteiger partial charge in [0.25, 0.3) is 0 Å². The number of carbonyl (C=O) groups is 1. The highest BCUT2D eigenvalue weighted by Crippen LogP contribution is 2.42. The molecule has 120 valence electrons. The van der Waals surface area contributed by atoms with Gasteiger partial charge in [0.2, 0.25) is 0 Å². The van der Waals surface area contributed by atoms with Gasteiger partial charge in [0.1, 0.15) is 11.1 Å². The number of hydrogen-bond acceptors (Lipinski definition) is 5. The molecule has 3 aliphatic heterocycles. The molecule has 5 heteroatoms. The van der Waals surface area contributed by atoms with Crippen LogP contribution in [-0.2, 0) is 0 Å². The highest BCUT2D eigenvalue weighted by atomic mass is 32.2. The molecule has 0 amide bonds. The van der Waals surface area contributed by atoms with Crippen LogP contribution in [-0.4, -0.2) is 29.6 Å². The minimum absolute atomic E-state index is 0.0641. The zero-order valence-corrected chi connectivity index (χ0v) is 14.1. The van der Waals surface area contributed by atoms with Crippen molar-refractivity contribution in [3.8, 4) is 6.07 Å². The van der Waals surface area contributed by atoms with Crippen LogP contribution in [0.15, 0.2) is 41.4 Å². The van der Waals surface area contributed by atoms with Gasteiger partial charge >= 0.3 is 0 Å². The van der Waals surface area contributed by atoms with Crippen molar-refractivity contribution in [3.05, 3.63) is 53.2 Å². The first-order valence-electron chi connectivity index (χ1n) is 8.17. The van der Waals surface area contributed by atoms with Crippen molar-refractivity contribution in [2.45, 2.75) is 23.8 Å². The molecule has 1 aromatic carbocycles. The summed E-state index contributed by atoms with van der Waals surface area (Å²) in [5, 5.41) is 10.2. The maximum absolute atomic E-state index is 12.3. The second-order valence-electron chi connectivity index (χ2n) is 6.20. The van der Waals surface area contributed by atoms with Gasteiger partial charge in [0.05, 0.1) is 22.7 Å². The smallest absolute Gasteiger partial charge is 0.173 e. The molecular formula is C19H17N3OS. The Kier molecular flexibility index (Phi) is 3.99. The van der Waals surface area contributed by atoms with Crippen LogP contribution in [0.3, 0.4) is 0 Å². The Morgan fingerprint density at radius 2 is 2.04 bits per heavy atom. The Hall–Kier alpha value is -2.32. The number of fused-ring (bicyclic) bond motifs is 2. The van der Waals surface area contributed by atoms with Crippen molar-refractivity contribution in [1.82, 2.24) is 4.98 Å². The SMILES string of the molecule is N#Cc1cc2c(nc1SCC(=O)c1ccccc1)C1CCN2CC1. The number of ketones is 1. The maximum atomic E-state index is 12.3. The predicted molar refractivity (Wildman–Crippen MR) is 94.6 cm³/mol. The lowest BCUT2D eigenvalue weighted by atomic mass is 9.86. The Bertz CT molecular complexity index is 820. The number of pyridine rings is 1. The summed E-state index contributed by atoms with van der Waals surface area (Å²) in [6.45, 7) is 2.12. The zero-order valence-electron chi connectivity index (χ0n) is 13.2. The molecule has 24 heavy (non-hydrogen) atoms. The molecule has 1 aromatic heterocycles. The first-order chi connectivity index (χ1) is 11.8. The number of rotatable bonds is 4. The molecule has 2 bridgehead atoms. The topological polar surface area (TPSA) is 57.0 Å². The number of benzene rings is 1. The molecule has 1 saturated heterocycles. The molecule has 5 rings (SSSR count). The molecule has 0 radical (unpaired) electrons. The lowest BCUT2D eigenvalue weighted by Gasteiger charge is -2.41.